The fraction of sp³-hybridized carbons (Fsp3) is 0.160. The maximum absolute atomic E-state index is 12.4. The number of amides is 1. The van der Waals surface area contributed by atoms with Crippen LogP contribution < -0.4 is 14.8 Å². The van der Waals surface area contributed by atoms with Gasteiger partial charge in [0.1, 0.15) is 12.4 Å². The van der Waals surface area contributed by atoms with E-state index in [4.69, 9.17) is 13.9 Å². The fourth-order valence-electron chi connectivity index (χ4n) is 3.08. The Bertz CT molecular complexity index is 1280. The Kier molecular flexibility index (Phi) is 7.03. The molecule has 1 aliphatic heterocycles. The van der Waals surface area contributed by atoms with Crippen LogP contribution in [0.3, 0.4) is 0 Å². The molecule has 34 heavy (non-hydrogen) atoms. The molecule has 1 saturated heterocycles. The summed E-state index contributed by atoms with van der Waals surface area (Å²) in [5, 5.41) is 3.31. The normalized spacial score (nSPS) is 15.4. The van der Waals surface area contributed by atoms with Gasteiger partial charge >= 0.3 is 5.97 Å². The molecule has 0 spiro atoms. The second-order valence-electron chi connectivity index (χ2n) is 7.27. The summed E-state index contributed by atoms with van der Waals surface area (Å²) in [5.41, 5.74) is 2.68. The molecule has 3 aromatic rings. The Balaban J connectivity index is 1.45. The summed E-state index contributed by atoms with van der Waals surface area (Å²) in [5.74, 6) is 0.786. The van der Waals surface area contributed by atoms with E-state index in [0.717, 1.165) is 16.8 Å². The standard InChI is InChI=1S/C25H22N2O6S/c1-15-4-7-17(8-5-15)26-25-27-23(28)22(34-25)13-16-6-10-19(21(12-16)30-2)32-14-18-9-11-20(33-18)24(29)31-3/h4-13H,14H2,1-3H3,(H,26,27,28)/b22-13+. The van der Waals surface area contributed by atoms with E-state index in [2.05, 4.69) is 15.0 Å². The second kappa shape index (κ2) is 10.3. The van der Waals surface area contributed by atoms with E-state index in [0.29, 0.717) is 27.3 Å². The minimum absolute atomic E-state index is 0.102. The zero-order valence-corrected chi connectivity index (χ0v) is 19.6. The highest BCUT2D eigenvalue weighted by Crippen LogP contribution is 2.32. The highest BCUT2D eigenvalue weighted by Gasteiger charge is 2.24. The number of esters is 1. The van der Waals surface area contributed by atoms with Gasteiger partial charge in [-0.15, -0.1) is 0 Å². The lowest BCUT2D eigenvalue weighted by molar-refractivity contribution is -0.115. The van der Waals surface area contributed by atoms with Gasteiger partial charge in [-0.3, -0.25) is 4.79 Å². The van der Waals surface area contributed by atoms with Gasteiger partial charge in [-0.05, 0) is 66.7 Å². The van der Waals surface area contributed by atoms with Gasteiger partial charge in [0.05, 0.1) is 24.8 Å². The van der Waals surface area contributed by atoms with Crippen LogP contribution in [-0.2, 0) is 16.1 Å². The smallest absolute Gasteiger partial charge is 0.373 e. The summed E-state index contributed by atoms with van der Waals surface area (Å²) >= 11 is 1.27. The van der Waals surface area contributed by atoms with Crippen molar-refractivity contribution in [2.45, 2.75) is 13.5 Å². The van der Waals surface area contributed by atoms with Crippen molar-refractivity contribution in [1.82, 2.24) is 5.32 Å². The van der Waals surface area contributed by atoms with Gasteiger partial charge < -0.3 is 23.9 Å². The first kappa shape index (κ1) is 23.2. The molecule has 1 aromatic heterocycles. The lowest BCUT2D eigenvalue weighted by Gasteiger charge is -2.10. The van der Waals surface area contributed by atoms with Crippen LogP contribution in [0.25, 0.3) is 6.08 Å². The Morgan fingerprint density at radius 1 is 1.09 bits per heavy atom. The van der Waals surface area contributed by atoms with Crippen molar-refractivity contribution in [2.24, 2.45) is 4.99 Å². The molecule has 0 radical (unpaired) electrons. The number of aliphatic imine (C=N–C) groups is 1. The van der Waals surface area contributed by atoms with Crippen molar-refractivity contribution in [3.05, 3.63) is 82.1 Å². The van der Waals surface area contributed by atoms with E-state index in [1.165, 1.54) is 32.0 Å². The third kappa shape index (κ3) is 5.49. The minimum atomic E-state index is -0.554. The minimum Gasteiger partial charge on any atom is -0.493 e. The van der Waals surface area contributed by atoms with Crippen LogP contribution in [0.4, 0.5) is 5.69 Å². The van der Waals surface area contributed by atoms with Crippen LogP contribution in [0, 0.1) is 6.92 Å². The molecule has 0 unspecified atom stereocenters. The predicted octanol–water partition coefficient (Wildman–Crippen LogP) is 4.85. The topological polar surface area (TPSA) is 99.4 Å². The van der Waals surface area contributed by atoms with Gasteiger partial charge in [-0.1, -0.05) is 23.8 Å². The van der Waals surface area contributed by atoms with E-state index < -0.39 is 5.97 Å². The molecule has 1 N–H and O–H groups in total. The molecule has 174 valence electrons. The van der Waals surface area contributed by atoms with Crippen molar-refractivity contribution < 1.29 is 28.2 Å². The van der Waals surface area contributed by atoms with E-state index in [-0.39, 0.29) is 18.3 Å². The van der Waals surface area contributed by atoms with Gasteiger partial charge in [0.2, 0.25) is 5.76 Å². The molecule has 0 aliphatic carbocycles. The van der Waals surface area contributed by atoms with Crippen molar-refractivity contribution >= 4 is 40.6 Å². The maximum atomic E-state index is 12.4. The summed E-state index contributed by atoms with van der Waals surface area (Å²) in [6, 6.07) is 16.2. The Morgan fingerprint density at radius 3 is 2.62 bits per heavy atom. The van der Waals surface area contributed by atoms with E-state index in [1.807, 2.05) is 37.3 Å². The van der Waals surface area contributed by atoms with Crippen LogP contribution >= 0.6 is 11.8 Å². The van der Waals surface area contributed by atoms with Gasteiger partial charge in [0.15, 0.2) is 16.7 Å². The quantitative estimate of drug-likeness (QED) is 0.383. The number of nitrogens with one attached hydrogen (secondary N) is 1. The number of hydrogen-bond donors (Lipinski definition) is 1. The molecule has 9 heteroatoms. The predicted molar refractivity (Wildman–Crippen MR) is 129 cm³/mol. The van der Waals surface area contributed by atoms with Crippen LogP contribution in [0.5, 0.6) is 11.5 Å². The highest BCUT2D eigenvalue weighted by atomic mass is 32.2. The molecule has 0 atom stereocenters. The molecule has 1 fully saturated rings. The molecular weight excluding hydrogens is 456 g/mol. The highest BCUT2D eigenvalue weighted by molar-refractivity contribution is 8.18. The first-order chi connectivity index (χ1) is 16.4. The van der Waals surface area contributed by atoms with Crippen LogP contribution in [0.15, 0.2) is 68.9 Å². The first-order valence-corrected chi connectivity index (χ1v) is 11.1. The molecule has 2 heterocycles. The summed E-state index contributed by atoms with van der Waals surface area (Å²) in [4.78, 5) is 28.9. The Morgan fingerprint density at radius 2 is 1.88 bits per heavy atom. The van der Waals surface area contributed by atoms with E-state index in [1.54, 1.807) is 24.3 Å². The monoisotopic (exact) mass is 478 g/mol. The van der Waals surface area contributed by atoms with E-state index >= 15 is 0 Å². The number of carbonyl (C=O) groups is 2. The van der Waals surface area contributed by atoms with Crippen LogP contribution in [-0.4, -0.2) is 31.3 Å². The molecule has 2 aromatic carbocycles. The SMILES string of the molecule is COC(=O)c1ccc(COc2ccc(/C=C3/SC(=Nc4ccc(C)cc4)NC3=O)cc2OC)o1. The zero-order valence-electron chi connectivity index (χ0n) is 18.8. The third-order valence-electron chi connectivity index (χ3n) is 4.82. The van der Waals surface area contributed by atoms with E-state index in [9.17, 15) is 9.59 Å². The number of carbonyl (C=O) groups excluding carboxylic acids is 2. The van der Waals surface area contributed by atoms with Gasteiger partial charge in [0, 0.05) is 0 Å². The molecular formula is C25H22N2O6S. The largest absolute Gasteiger partial charge is 0.493 e. The average Bonchev–Trinajstić information content (AvgIpc) is 3.45. The van der Waals surface area contributed by atoms with Crippen molar-refractivity contribution in [2.75, 3.05) is 14.2 Å². The summed E-state index contributed by atoms with van der Waals surface area (Å²) in [6.07, 6.45) is 1.76. The number of aryl methyl sites for hydroxylation is 1. The average molecular weight is 479 g/mol. The maximum Gasteiger partial charge on any atom is 0.373 e. The van der Waals surface area contributed by atoms with Gasteiger partial charge in [-0.2, -0.15) is 0 Å². The summed E-state index contributed by atoms with van der Waals surface area (Å²) in [6.45, 7) is 2.11. The molecule has 1 aliphatic rings. The van der Waals surface area contributed by atoms with Crippen molar-refractivity contribution in [3.8, 4) is 11.5 Å². The van der Waals surface area contributed by atoms with Crippen molar-refractivity contribution in [1.29, 1.82) is 0 Å². The number of benzene rings is 2. The third-order valence-corrected chi connectivity index (χ3v) is 5.73. The number of thioether (sulfide) groups is 1. The molecule has 0 saturated carbocycles. The number of furan rings is 1. The zero-order chi connectivity index (χ0) is 24.1. The number of amidine groups is 1. The summed E-state index contributed by atoms with van der Waals surface area (Å²) in [7, 11) is 2.82. The lowest BCUT2D eigenvalue weighted by atomic mass is 10.2. The van der Waals surface area contributed by atoms with Gasteiger partial charge in [0.25, 0.3) is 5.91 Å². The number of rotatable bonds is 7. The van der Waals surface area contributed by atoms with Crippen LogP contribution in [0.1, 0.15) is 27.4 Å². The Hall–Kier alpha value is -3.98. The molecule has 0 bridgehead atoms. The number of hydrogen-bond acceptors (Lipinski definition) is 8. The second-order valence-corrected chi connectivity index (χ2v) is 8.30. The van der Waals surface area contributed by atoms with Crippen LogP contribution in [0.2, 0.25) is 0 Å². The fourth-order valence-corrected chi connectivity index (χ4v) is 3.92. The first-order valence-electron chi connectivity index (χ1n) is 10.3. The van der Waals surface area contributed by atoms with Gasteiger partial charge in [-0.25, -0.2) is 9.79 Å². The summed E-state index contributed by atoms with van der Waals surface area (Å²) < 4.78 is 21.3. The number of methoxy groups -OCH3 is 2. The van der Waals surface area contributed by atoms with Crippen molar-refractivity contribution in [3.63, 3.8) is 0 Å². The number of nitrogens with zero attached hydrogens (tertiary/aromatic N) is 1. The molecule has 4 rings (SSSR count). The molecule has 1 amide bonds. The molecule has 8 nitrogen and oxygen atoms in total. The lowest BCUT2D eigenvalue weighted by Crippen LogP contribution is -2.19. The number of ether oxygens (including phenoxy) is 3. The Labute approximate surface area is 200 Å².